The lowest BCUT2D eigenvalue weighted by Gasteiger charge is -2.28. The molecule has 0 atom stereocenters. The SMILES string of the molecule is C=CCCC1CCC(c2ccc(COCC=CCC)cc2)CC1. The fraction of sp³-hybridized carbons (Fsp3) is 0.545. The lowest BCUT2D eigenvalue weighted by Crippen LogP contribution is -2.13. The molecule has 2 rings (SSSR count). The Kier molecular flexibility index (Phi) is 8.17. The monoisotopic (exact) mass is 312 g/mol. The van der Waals surface area contributed by atoms with Crippen LogP contribution in [-0.4, -0.2) is 6.61 Å². The van der Waals surface area contributed by atoms with Gasteiger partial charge in [0.1, 0.15) is 0 Å². The Morgan fingerprint density at radius 1 is 1.09 bits per heavy atom. The molecule has 0 amide bonds. The summed E-state index contributed by atoms with van der Waals surface area (Å²) in [7, 11) is 0. The minimum Gasteiger partial charge on any atom is -0.373 e. The van der Waals surface area contributed by atoms with Crippen LogP contribution < -0.4 is 0 Å². The molecule has 0 bridgehead atoms. The van der Waals surface area contributed by atoms with Crippen LogP contribution in [0.2, 0.25) is 0 Å². The summed E-state index contributed by atoms with van der Waals surface area (Å²) in [4.78, 5) is 0. The van der Waals surface area contributed by atoms with Gasteiger partial charge in [-0.2, -0.15) is 0 Å². The van der Waals surface area contributed by atoms with Gasteiger partial charge in [0, 0.05) is 0 Å². The first-order valence-electron chi connectivity index (χ1n) is 9.26. The maximum Gasteiger partial charge on any atom is 0.0721 e. The zero-order valence-electron chi connectivity index (χ0n) is 14.7. The van der Waals surface area contributed by atoms with Gasteiger partial charge in [0.05, 0.1) is 13.2 Å². The van der Waals surface area contributed by atoms with Crippen molar-refractivity contribution in [2.45, 2.75) is 64.4 Å². The topological polar surface area (TPSA) is 9.23 Å². The smallest absolute Gasteiger partial charge is 0.0721 e. The highest BCUT2D eigenvalue weighted by Crippen LogP contribution is 2.37. The average molecular weight is 312 g/mol. The van der Waals surface area contributed by atoms with Gasteiger partial charge in [-0.05, 0) is 67.9 Å². The van der Waals surface area contributed by atoms with Crippen LogP contribution >= 0.6 is 0 Å². The van der Waals surface area contributed by atoms with E-state index in [1.165, 1.54) is 49.7 Å². The quantitative estimate of drug-likeness (QED) is 0.378. The summed E-state index contributed by atoms with van der Waals surface area (Å²) in [6.07, 6.45) is 15.3. The maximum atomic E-state index is 5.66. The van der Waals surface area contributed by atoms with E-state index in [1.807, 2.05) is 0 Å². The molecule has 1 fully saturated rings. The molecule has 126 valence electrons. The number of rotatable bonds is 9. The molecule has 0 saturated heterocycles. The number of allylic oxidation sites excluding steroid dienone is 2. The molecule has 1 aromatic carbocycles. The molecule has 1 nitrogen and oxygen atoms in total. The largest absolute Gasteiger partial charge is 0.373 e. The molecule has 0 aromatic heterocycles. The predicted molar refractivity (Wildman–Crippen MR) is 99.7 cm³/mol. The Balaban J connectivity index is 1.74. The normalized spacial score (nSPS) is 21.6. The molecule has 1 saturated carbocycles. The van der Waals surface area contributed by atoms with E-state index >= 15 is 0 Å². The van der Waals surface area contributed by atoms with Crippen molar-refractivity contribution in [2.24, 2.45) is 5.92 Å². The van der Waals surface area contributed by atoms with E-state index in [0.29, 0.717) is 13.2 Å². The van der Waals surface area contributed by atoms with Crippen LogP contribution in [0.25, 0.3) is 0 Å². The summed E-state index contributed by atoms with van der Waals surface area (Å²) in [6, 6.07) is 9.11. The summed E-state index contributed by atoms with van der Waals surface area (Å²) in [5, 5.41) is 0. The molecule has 1 aromatic rings. The van der Waals surface area contributed by atoms with Crippen molar-refractivity contribution in [1.82, 2.24) is 0 Å². The molecule has 0 heterocycles. The molecule has 0 radical (unpaired) electrons. The van der Waals surface area contributed by atoms with Gasteiger partial charge in [-0.1, -0.05) is 49.4 Å². The molecule has 0 N–H and O–H groups in total. The van der Waals surface area contributed by atoms with E-state index in [-0.39, 0.29) is 0 Å². The van der Waals surface area contributed by atoms with Crippen molar-refractivity contribution in [3.05, 3.63) is 60.2 Å². The highest BCUT2D eigenvalue weighted by Gasteiger charge is 2.21. The van der Waals surface area contributed by atoms with Gasteiger partial charge in [-0.15, -0.1) is 6.58 Å². The zero-order chi connectivity index (χ0) is 16.3. The first-order valence-corrected chi connectivity index (χ1v) is 9.26. The van der Waals surface area contributed by atoms with Gasteiger partial charge in [-0.3, -0.25) is 0 Å². The van der Waals surface area contributed by atoms with Gasteiger partial charge < -0.3 is 4.74 Å². The first-order chi connectivity index (χ1) is 11.3. The average Bonchev–Trinajstić information content (AvgIpc) is 2.61. The van der Waals surface area contributed by atoms with Crippen molar-refractivity contribution in [1.29, 1.82) is 0 Å². The van der Waals surface area contributed by atoms with E-state index in [1.54, 1.807) is 0 Å². The molecule has 1 heteroatoms. The third kappa shape index (κ3) is 6.35. The molecule has 0 unspecified atom stereocenters. The van der Waals surface area contributed by atoms with Crippen molar-refractivity contribution in [2.75, 3.05) is 6.61 Å². The number of benzene rings is 1. The summed E-state index contributed by atoms with van der Waals surface area (Å²) >= 11 is 0. The van der Waals surface area contributed by atoms with Crippen LogP contribution in [-0.2, 0) is 11.3 Å². The van der Waals surface area contributed by atoms with E-state index < -0.39 is 0 Å². The van der Waals surface area contributed by atoms with Crippen molar-refractivity contribution < 1.29 is 4.74 Å². The van der Waals surface area contributed by atoms with Gasteiger partial charge in [0.2, 0.25) is 0 Å². The summed E-state index contributed by atoms with van der Waals surface area (Å²) in [5.41, 5.74) is 2.79. The van der Waals surface area contributed by atoms with Crippen LogP contribution in [0.4, 0.5) is 0 Å². The predicted octanol–water partition coefficient (Wildman–Crippen LogP) is 6.41. The van der Waals surface area contributed by atoms with Gasteiger partial charge in [0.15, 0.2) is 0 Å². The standard InChI is InChI=1S/C22H32O/c1-3-5-7-17-23-18-20-11-15-22(16-12-20)21-13-9-19(10-14-21)8-6-4-2/h4-5,7,11-12,15-16,19,21H,2-3,6,8-10,13-14,17-18H2,1H3. The highest BCUT2D eigenvalue weighted by molar-refractivity contribution is 5.25. The molecule has 1 aliphatic rings. The molecule has 1 aliphatic carbocycles. The van der Waals surface area contributed by atoms with Crippen molar-refractivity contribution >= 4 is 0 Å². The third-order valence-corrected chi connectivity index (χ3v) is 4.96. The summed E-state index contributed by atoms with van der Waals surface area (Å²) in [5.74, 6) is 1.69. The van der Waals surface area contributed by atoms with Crippen molar-refractivity contribution in [3.63, 3.8) is 0 Å². The first kappa shape index (κ1) is 18.0. The highest BCUT2D eigenvalue weighted by atomic mass is 16.5. The fourth-order valence-corrected chi connectivity index (χ4v) is 3.50. The van der Waals surface area contributed by atoms with Gasteiger partial charge in [0.25, 0.3) is 0 Å². The Labute approximate surface area is 142 Å². The number of ether oxygens (including phenoxy) is 1. The number of hydrogen-bond donors (Lipinski definition) is 0. The van der Waals surface area contributed by atoms with Crippen molar-refractivity contribution in [3.8, 4) is 0 Å². The molecular formula is C22H32O. The second kappa shape index (κ2) is 10.4. The molecule has 0 aliphatic heterocycles. The van der Waals surface area contributed by atoms with E-state index in [9.17, 15) is 0 Å². The second-order valence-corrected chi connectivity index (χ2v) is 6.72. The zero-order valence-corrected chi connectivity index (χ0v) is 14.7. The second-order valence-electron chi connectivity index (χ2n) is 6.72. The molecule has 23 heavy (non-hydrogen) atoms. The number of hydrogen-bond acceptors (Lipinski definition) is 1. The summed E-state index contributed by atoms with van der Waals surface area (Å²) in [6.45, 7) is 7.40. The van der Waals surface area contributed by atoms with Gasteiger partial charge >= 0.3 is 0 Å². The van der Waals surface area contributed by atoms with E-state index in [0.717, 1.165) is 18.3 Å². The van der Waals surface area contributed by atoms with Crippen LogP contribution in [0, 0.1) is 5.92 Å². The Hall–Kier alpha value is -1.34. The van der Waals surface area contributed by atoms with Crippen LogP contribution in [0.1, 0.15) is 68.9 Å². The van der Waals surface area contributed by atoms with E-state index in [4.69, 9.17) is 4.74 Å². The van der Waals surface area contributed by atoms with Crippen LogP contribution in [0.15, 0.2) is 49.1 Å². The van der Waals surface area contributed by atoms with Crippen LogP contribution in [0.3, 0.4) is 0 Å². The molecular weight excluding hydrogens is 280 g/mol. The Bertz CT molecular complexity index is 463. The minimum atomic E-state index is 0.711. The third-order valence-electron chi connectivity index (χ3n) is 4.96. The van der Waals surface area contributed by atoms with E-state index in [2.05, 4.69) is 56.0 Å². The minimum absolute atomic E-state index is 0.711. The van der Waals surface area contributed by atoms with Gasteiger partial charge in [-0.25, -0.2) is 0 Å². The Morgan fingerprint density at radius 2 is 1.83 bits per heavy atom. The molecule has 0 spiro atoms. The fourth-order valence-electron chi connectivity index (χ4n) is 3.50. The van der Waals surface area contributed by atoms with Crippen LogP contribution in [0.5, 0.6) is 0 Å². The maximum absolute atomic E-state index is 5.66. The Morgan fingerprint density at radius 3 is 2.48 bits per heavy atom. The summed E-state index contributed by atoms with van der Waals surface area (Å²) < 4.78 is 5.66. The lowest BCUT2D eigenvalue weighted by atomic mass is 9.77. The lowest BCUT2D eigenvalue weighted by molar-refractivity contribution is 0.148.